The first-order valence-corrected chi connectivity index (χ1v) is 11.0. The number of nitrogens with one attached hydrogen (secondary N) is 1. The van der Waals surface area contributed by atoms with E-state index in [1.54, 1.807) is 6.92 Å². The summed E-state index contributed by atoms with van der Waals surface area (Å²) in [6.45, 7) is 7.72. The Balaban J connectivity index is 1.71. The molecule has 1 aliphatic heterocycles. The molecule has 2 aliphatic rings. The molecule has 1 saturated heterocycles. The lowest BCUT2D eigenvalue weighted by molar-refractivity contribution is -0.172. The molecule has 1 N–H and O–H groups in total. The van der Waals surface area contributed by atoms with Crippen LogP contribution in [0.3, 0.4) is 0 Å². The molecule has 4 rings (SSSR count). The molecule has 30 heavy (non-hydrogen) atoms. The van der Waals surface area contributed by atoms with Gasteiger partial charge < -0.3 is 0 Å². The molecule has 7 nitrogen and oxygen atoms in total. The van der Waals surface area contributed by atoms with Crippen LogP contribution in [0.4, 0.5) is 5.13 Å². The smallest absolute Gasteiger partial charge is 0.249 e. The topological polar surface area (TPSA) is 92.3 Å². The van der Waals surface area contributed by atoms with E-state index in [-0.39, 0.29) is 24.2 Å². The molecule has 3 amide bonds. The number of hydrogen-bond donors (Lipinski definition) is 1. The van der Waals surface area contributed by atoms with Crippen LogP contribution in [0.25, 0.3) is 0 Å². The second kappa shape index (κ2) is 7.27. The monoisotopic (exact) mass is 426 g/mol. The highest BCUT2D eigenvalue weighted by atomic mass is 32.1. The van der Waals surface area contributed by atoms with Crippen molar-refractivity contribution in [1.82, 2.24) is 15.1 Å². The Kier molecular flexibility index (Phi) is 5.00. The average Bonchev–Trinajstić information content (AvgIpc) is 3.18. The number of amides is 3. The molecule has 158 valence electrons. The van der Waals surface area contributed by atoms with Gasteiger partial charge in [-0.25, -0.2) is 0 Å². The summed E-state index contributed by atoms with van der Waals surface area (Å²) in [5.74, 6) is -1.19. The van der Waals surface area contributed by atoms with E-state index in [1.807, 2.05) is 51.1 Å². The minimum atomic E-state index is -0.937. The lowest BCUT2D eigenvalue weighted by Gasteiger charge is -2.49. The van der Waals surface area contributed by atoms with Gasteiger partial charge in [0.25, 0.3) is 0 Å². The fourth-order valence-electron chi connectivity index (χ4n) is 4.82. The number of rotatable bonds is 5. The third-order valence-electron chi connectivity index (χ3n) is 7.10. The van der Waals surface area contributed by atoms with Crippen LogP contribution in [0.2, 0.25) is 0 Å². The third-order valence-corrected chi connectivity index (χ3v) is 7.85. The van der Waals surface area contributed by atoms with Crippen molar-refractivity contribution in [2.75, 3.05) is 5.32 Å². The van der Waals surface area contributed by atoms with Crippen molar-refractivity contribution in [2.45, 2.75) is 53.0 Å². The lowest BCUT2D eigenvalue weighted by atomic mass is 9.62. The molecular formula is C22H26N4O3S. The average molecular weight is 427 g/mol. The van der Waals surface area contributed by atoms with E-state index in [9.17, 15) is 14.4 Å². The molecule has 3 atom stereocenters. The molecule has 2 fully saturated rings. The van der Waals surface area contributed by atoms with Crippen LogP contribution in [0, 0.1) is 23.7 Å². The van der Waals surface area contributed by atoms with Crippen LogP contribution >= 0.6 is 11.3 Å². The van der Waals surface area contributed by atoms with Gasteiger partial charge in [0.1, 0.15) is 11.0 Å². The zero-order valence-corrected chi connectivity index (χ0v) is 18.5. The predicted molar refractivity (Wildman–Crippen MR) is 114 cm³/mol. The second-order valence-corrected chi connectivity index (χ2v) is 10.2. The number of imide groups is 1. The van der Waals surface area contributed by atoms with Crippen LogP contribution in [0.5, 0.6) is 0 Å². The van der Waals surface area contributed by atoms with E-state index in [2.05, 4.69) is 15.5 Å². The van der Waals surface area contributed by atoms with Crippen molar-refractivity contribution >= 4 is 34.2 Å². The molecule has 1 aromatic carbocycles. The van der Waals surface area contributed by atoms with Gasteiger partial charge in [-0.15, -0.1) is 10.2 Å². The van der Waals surface area contributed by atoms with Crippen LogP contribution in [0.15, 0.2) is 30.3 Å². The zero-order chi connectivity index (χ0) is 21.7. The second-order valence-electron chi connectivity index (χ2n) is 8.98. The van der Waals surface area contributed by atoms with Crippen LogP contribution in [-0.4, -0.2) is 38.9 Å². The summed E-state index contributed by atoms with van der Waals surface area (Å²) < 4.78 is 0. The molecule has 1 aromatic heterocycles. The summed E-state index contributed by atoms with van der Waals surface area (Å²) in [7, 11) is 0. The predicted octanol–water partition coefficient (Wildman–Crippen LogP) is 3.21. The van der Waals surface area contributed by atoms with Crippen molar-refractivity contribution in [2.24, 2.45) is 16.7 Å². The maximum absolute atomic E-state index is 13.6. The number of anilines is 1. The summed E-state index contributed by atoms with van der Waals surface area (Å²) in [6, 6.07) is 8.51. The maximum atomic E-state index is 13.6. The number of aryl methyl sites for hydroxylation is 1. The van der Waals surface area contributed by atoms with Crippen molar-refractivity contribution < 1.29 is 14.4 Å². The zero-order valence-electron chi connectivity index (χ0n) is 17.6. The van der Waals surface area contributed by atoms with Crippen LogP contribution < -0.4 is 5.32 Å². The highest BCUT2D eigenvalue weighted by Crippen LogP contribution is 2.60. The number of benzene rings is 1. The fraction of sp³-hybridized carbons (Fsp3) is 0.500. The molecule has 3 unspecified atom stereocenters. The molecule has 1 saturated carbocycles. The van der Waals surface area contributed by atoms with Crippen LogP contribution in [0.1, 0.15) is 44.2 Å². The highest BCUT2D eigenvalue weighted by Gasteiger charge is 2.65. The van der Waals surface area contributed by atoms with E-state index in [1.165, 1.54) is 16.2 Å². The van der Waals surface area contributed by atoms with Crippen LogP contribution in [-0.2, 0) is 20.8 Å². The molecule has 2 heterocycles. The maximum Gasteiger partial charge on any atom is 0.249 e. The Labute approximate surface area is 179 Å². The highest BCUT2D eigenvalue weighted by molar-refractivity contribution is 7.15. The van der Waals surface area contributed by atoms with Gasteiger partial charge in [-0.05, 0) is 30.7 Å². The Morgan fingerprint density at radius 1 is 1.23 bits per heavy atom. The summed E-state index contributed by atoms with van der Waals surface area (Å²) in [6.07, 6.45) is 1.58. The van der Waals surface area contributed by atoms with E-state index in [0.29, 0.717) is 18.0 Å². The van der Waals surface area contributed by atoms with Crippen molar-refractivity contribution in [1.29, 1.82) is 0 Å². The summed E-state index contributed by atoms with van der Waals surface area (Å²) in [4.78, 5) is 41.6. The Bertz CT molecular complexity index is 1000. The number of aromatic nitrogens is 2. The number of hydrogen-bond acceptors (Lipinski definition) is 6. The molecule has 8 heteroatoms. The minimum absolute atomic E-state index is 0.246. The van der Waals surface area contributed by atoms with Gasteiger partial charge in [-0.1, -0.05) is 62.4 Å². The summed E-state index contributed by atoms with van der Waals surface area (Å²) in [5, 5.41) is 11.7. The van der Waals surface area contributed by atoms with Gasteiger partial charge in [0.15, 0.2) is 0 Å². The van der Waals surface area contributed by atoms with Gasteiger partial charge in [-0.2, -0.15) is 0 Å². The van der Waals surface area contributed by atoms with Gasteiger partial charge in [0.2, 0.25) is 22.9 Å². The number of carbonyl (C=O) groups is 3. The molecule has 2 aromatic rings. The number of piperidine rings is 1. The van der Waals surface area contributed by atoms with Crippen molar-refractivity contribution in [3.63, 3.8) is 0 Å². The van der Waals surface area contributed by atoms with E-state index in [4.69, 9.17) is 0 Å². The number of carbonyl (C=O) groups excluding carboxylic acids is 3. The number of fused-ring (bicyclic) bond motifs is 2. The largest absolute Gasteiger partial charge is 0.299 e. The first-order valence-electron chi connectivity index (χ1n) is 10.2. The van der Waals surface area contributed by atoms with E-state index in [0.717, 1.165) is 10.6 Å². The van der Waals surface area contributed by atoms with Gasteiger partial charge in [0.05, 0.1) is 5.41 Å². The molecule has 0 radical (unpaired) electrons. The molecular weight excluding hydrogens is 400 g/mol. The summed E-state index contributed by atoms with van der Waals surface area (Å²) >= 11 is 1.26. The van der Waals surface area contributed by atoms with Crippen molar-refractivity contribution in [3.8, 4) is 0 Å². The lowest BCUT2D eigenvalue weighted by Crippen LogP contribution is -2.64. The number of likely N-dealkylation sites (tertiary alicyclic amines) is 1. The summed E-state index contributed by atoms with van der Waals surface area (Å²) in [5.41, 5.74) is -0.212. The third kappa shape index (κ3) is 3.14. The van der Waals surface area contributed by atoms with Gasteiger partial charge >= 0.3 is 0 Å². The van der Waals surface area contributed by atoms with Gasteiger partial charge in [0, 0.05) is 12.3 Å². The Hall–Kier alpha value is -2.61. The van der Waals surface area contributed by atoms with E-state index < -0.39 is 22.8 Å². The normalized spacial score (nSPS) is 26.0. The first-order chi connectivity index (χ1) is 14.1. The molecule has 1 aliphatic carbocycles. The standard InChI is InChI=1S/C22H26N4O3S/c1-13-24-25-20(30-13)23-17(27)16(12-14-8-6-5-7-9-14)26-18(28)15-10-11-22(4,19(26)29)21(15,2)3/h5-9,15-16H,10-12H2,1-4H3,(H,23,25,27). The Morgan fingerprint density at radius 2 is 1.93 bits per heavy atom. The van der Waals surface area contributed by atoms with Crippen molar-refractivity contribution in [3.05, 3.63) is 40.9 Å². The Morgan fingerprint density at radius 3 is 2.57 bits per heavy atom. The SMILES string of the molecule is Cc1nnc(NC(=O)C(Cc2ccccc2)N2C(=O)C3CCC(C)(C2=O)C3(C)C)s1. The molecule has 2 bridgehead atoms. The first kappa shape index (κ1) is 20.7. The van der Waals surface area contributed by atoms with E-state index >= 15 is 0 Å². The fourth-order valence-corrected chi connectivity index (χ4v) is 5.41. The quantitative estimate of drug-likeness (QED) is 0.741. The van der Waals surface area contributed by atoms with Gasteiger partial charge in [-0.3, -0.25) is 24.6 Å². The minimum Gasteiger partial charge on any atom is -0.299 e. The number of nitrogens with zero attached hydrogens (tertiary/aromatic N) is 3. The molecule has 0 spiro atoms.